The van der Waals surface area contributed by atoms with Crippen LogP contribution in [0.1, 0.15) is 27.7 Å². The van der Waals surface area contributed by atoms with Crippen molar-refractivity contribution in [3.05, 3.63) is 0 Å². The summed E-state index contributed by atoms with van der Waals surface area (Å²) in [7, 11) is 0. The fourth-order valence-electron chi connectivity index (χ4n) is 2.18. The lowest BCUT2D eigenvalue weighted by atomic mass is 10.0. The summed E-state index contributed by atoms with van der Waals surface area (Å²) >= 11 is 0. The molecule has 1 aliphatic heterocycles. The van der Waals surface area contributed by atoms with Crippen LogP contribution < -0.4 is 0 Å². The SMILES string of the molecule is CC(C(=O)O)C(C)N1CCN(C(C)C)CC1. The molecule has 0 aromatic carbocycles. The van der Waals surface area contributed by atoms with Gasteiger partial charge in [-0.25, -0.2) is 0 Å². The molecule has 0 aromatic heterocycles. The molecular weight excluding hydrogens is 204 g/mol. The van der Waals surface area contributed by atoms with E-state index in [0.29, 0.717) is 6.04 Å². The van der Waals surface area contributed by atoms with Gasteiger partial charge in [0.05, 0.1) is 5.92 Å². The fourth-order valence-corrected chi connectivity index (χ4v) is 2.18. The summed E-state index contributed by atoms with van der Waals surface area (Å²) in [5.74, 6) is -0.982. The minimum atomic E-state index is -0.696. The van der Waals surface area contributed by atoms with E-state index >= 15 is 0 Å². The number of carboxylic acid groups (broad SMARTS) is 1. The van der Waals surface area contributed by atoms with Gasteiger partial charge in [-0.3, -0.25) is 14.6 Å². The van der Waals surface area contributed by atoms with E-state index < -0.39 is 5.97 Å². The second-order valence-corrected chi connectivity index (χ2v) is 5.03. The Morgan fingerprint density at radius 2 is 1.44 bits per heavy atom. The van der Waals surface area contributed by atoms with Crippen molar-refractivity contribution in [3.8, 4) is 0 Å². The zero-order valence-electron chi connectivity index (χ0n) is 10.8. The minimum absolute atomic E-state index is 0.131. The van der Waals surface area contributed by atoms with Crippen molar-refractivity contribution >= 4 is 5.97 Å². The molecule has 1 rings (SSSR count). The van der Waals surface area contributed by atoms with Crippen molar-refractivity contribution in [1.29, 1.82) is 0 Å². The van der Waals surface area contributed by atoms with Crippen molar-refractivity contribution in [1.82, 2.24) is 9.80 Å². The van der Waals surface area contributed by atoms with Gasteiger partial charge in [-0.2, -0.15) is 0 Å². The van der Waals surface area contributed by atoms with Crippen LogP contribution in [0.15, 0.2) is 0 Å². The van der Waals surface area contributed by atoms with Gasteiger partial charge in [-0.05, 0) is 20.8 Å². The predicted octanol–water partition coefficient (Wildman–Crippen LogP) is 1.12. The summed E-state index contributed by atoms with van der Waals surface area (Å²) in [6.45, 7) is 12.3. The molecular formula is C12H24N2O2. The minimum Gasteiger partial charge on any atom is -0.481 e. The third-order valence-electron chi connectivity index (χ3n) is 3.77. The van der Waals surface area contributed by atoms with Gasteiger partial charge in [0.15, 0.2) is 0 Å². The highest BCUT2D eigenvalue weighted by Crippen LogP contribution is 2.15. The third-order valence-corrected chi connectivity index (χ3v) is 3.77. The summed E-state index contributed by atoms with van der Waals surface area (Å²) in [5, 5.41) is 8.99. The molecule has 16 heavy (non-hydrogen) atoms. The average molecular weight is 228 g/mol. The maximum absolute atomic E-state index is 10.9. The lowest BCUT2D eigenvalue weighted by Gasteiger charge is -2.40. The molecule has 0 amide bonds. The highest BCUT2D eigenvalue weighted by Gasteiger charge is 2.28. The topological polar surface area (TPSA) is 43.8 Å². The molecule has 0 aromatic rings. The van der Waals surface area contributed by atoms with Crippen molar-refractivity contribution in [2.24, 2.45) is 5.92 Å². The van der Waals surface area contributed by atoms with Crippen molar-refractivity contribution in [2.75, 3.05) is 26.2 Å². The second-order valence-electron chi connectivity index (χ2n) is 5.03. The molecule has 4 nitrogen and oxygen atoms in total. The molecule has 1 aliphatic rings. The lowest BCUT2D eigenvalue weighted by Crippen LogP contribution is -2.53. The number of rotatable bonds is 4. The van der Waals surface area contributed by atoms with Crippen molar-refractivity contribution < 1.29 is 9.90 Å². The van der Waals surface area contributed by atoms with E-state index in [1.165, 1.54) is 0 Å². The van der Waals surface area contributed by atoms with Crippen molar-refractivity contribution in [3.63, 3.8) is 0 Å². The van der Waals surface area contributed by atoms with Gasteiger partial charge in [-0.1, -0.05) is 6.92 Å². The maximum atomic E-state index is 10.9. The number of hydrogen-bond donors (Lipinski definition) is 1. The molecule has 0 spiro atoms. The molecule has 1 saturated heterocycles. The predicted molar refractivity (Wildman–Crippen MR) is 64.5 cm³/mol. The number of hydrogen-bond acceptors (Lipinski definition) is 3. The Kier molecular flexibility index (Phi) is 4.74. The molecule has 2 atom stereocenters. The maximum Gasteiger partial charge on any atom is 0.307 e. The Bertz CT molecular complexity index is 235. The van der Waals surface area contributed by atoms with E-state index in [4.69, 9.17) is 5.11 Å². The van der Waals surface area contributed by atoms with Gasteiger partial charge < -0.3 is 5.11 Å². The summed E-state index contributed by atoms with van der Waals surface area (Å²) < 4.78 is 0. The van der Waals surface area contributed by atoms with Crippen molar-refractivity contribution in [2.45, 2.75) is 39.8 Å². The largest absolute Gasteiger partial charge is 0.481 e. The molecule has 2 unspecified atom stereocenters. The van der Waals surface area contributed by atoms with Crippen LogP contribution >= 0.6 is 0 Å². The van der Waals surface area contributed by atoms with Gasteiger partial charge >= 0.3 is 5.97 Å². The van der Waals surface area contributed by atoms with E-state index in [0.717, 1.165) is 26.2 Å². The standard InChI is InChI=1S/C12H24N2O2/c1-9(2)13-5-7-14(8-6-13)11(4)10(3)12(15)16/h9-11H,5-8H2,1-4H3,(H,15,16). The normalized spacial score (nSPS) is 23.3. The first-order chi connectivity index (χ1) is 7.43. The third kappa shape index (κ3) is 3.19. The van der Waals surface area contributed by atoms with Gasteiger partial charge in [0.2, 0.25) is 0 Å². The van der Waals surface area contributed by atoms with Crippen LogP contribution in [-0.4, -0.2) is 59.1 Å². The van der Waals surface area contributed by atoms with E-state index in [-0.39, 0.29) is 12.0 Å². The highest BCUT2D eigenvalue weighted by atomic mass is 16.4. The Labute approximate surface area is 98.2 Å². The van der Waals surface area contributed by atoms with Crippen LogP contribution in [0.2, 0.25) is 0 Å². The molecule has 1 N–H and O–H groups in total. The summed E-state index contributed by atoms with van der Waals surface area (Å²) in [5.41, 5.74) is 0. The highest BCUT2D eigenvalue weighted by molar-refractivity contribution is 5.70. The first kappa shape index (κ1) is 13.5. The first-order valence-corrected chi connectivity index (χ1v) is 6.14. The van der Waals surface area contributed by atoms with Crippen LogP contribution in [0.3, 0.4) is 0 Å². The number of piperazine rings is 1. The smallest absolute Gasteiger partial charge is 0.307 e. The van der Waals surface area contributed by atoms with Crippen LogP contribution in [-0.2, 0) is 4.79 Å². The molecule has 0 aliphatic carbocycles. The molecule has 1 fully saturated rings. The monoisotopic (exact) mass is 228 g/mol. The average Bonchev–Trinajstić information content (AvgIpc) is 2.27. The Hall–Kier alpha value is -0.610. The molecule has 94 valence electrons. The molecule has 0 saturated carbocycles. The van der Waals surface area contributed by atoms with E-state index in [1.807, 2.05) is 6.92 Å². The zero-order valence-corrected chi connectivity index (χ0v) is 10.8. The second kappa shape index (κ2) is 5.64. The first-order valence-electron chi connectivity index (χ1n) is 6.14. The zero-order chi connectivity index (χ0) is 12.3. The van der Waals surface area contributed by atoms with Crippen LogP contribution in [0.4, 0.5) is 0 Å². The van der Waals surface area contributed by atoms with E-state index in [9.17, 15) is 4.79 Å². The Morgan fingerprint density at radius 1 is 1.00 bits per heavy atom. The van der Waals surface area contributed by atoms with Gasteiger partial charge in [0.25, 0.3) is 0 Å². The molecule has 0 radical (unpaired) electrons. The fraction of sp³-hybridized carbons (Fsp3) is 0.917. The Morgan fingerprint density at radius 3 is 1.81 bits per heavy atom. The van der Waals surface area contributed by atoms with Crippen LogP contribution in [0, 0.1) is 5.92 Å². The van der Waals surface area contributed by atoms with E-state index in [1.54, 1.807) is 6.92 Å². The number of nitrogens with zero attached hydrogens (tertiary/aromatic N) is 2. The molecule has 0 bridgehead atoms. The quantitative estimate of drug-likeness (QED) is 0.783. The molecule has 1 heterocycles. The number of carbonyl (C=O) groups is 1. The summed E-state index contributed by atoms with van der Waals surface area (Å²) in [6, 6.07) is 0.723. The van der Waals surface area contributed by atoms with Gasteiger partial charge in [-0.15, -0.1) is 0 Å². The number of aliphatic carboxylic acids is 1. The lowest BCUT2D eigenvalue weighted by molar-refractivity contribution is -0.143. The van der Waals surface area contributed by atoms with Gasteiger partial charge in [0.1, 0.15) is 0 Å². The van der Waals surface area contributed by atoms with Crippen LogP contribution in [0.25, 0.3) is 0 Å². The molecule has 4 heteroatoms. The number of carboxylic acids is 1. The van der Waals surface area contributed by atoms with Gasteiger partial charge in [0, 0.05) is 38.3 Å². The Balaban J connectivity index is 2.44. The van der Waals surface area contributed by atoms with E-state index in [2.05, 4.69) is 23.6 Å². The summed E-state index contributed by atoms with van der Waals surface area (Å²) in [4.78, 5) is 15.6. The summed E-state index contributed by atoms with van der Waals surface area (Å²) in [6.07, 6.45) is 0. The van der Waals surface area contributed by atoms with Crippen LogP contribution in [0.5, 0.6) is 0 Å².